The molecule has 3 unspecified atom stereocenters. The van der Waals surface area contributed by atoms with Gasteiger partial charge in [0.15, 0.2) is 23.0 Å². The quantitative estimate of drug-likeness (QED) is 0.0470. The lowest BCUT2D eigenvalue weighted by Gasteiger charge is -2.24. The monoisotopic (exact) mass is 1170 g/mol. The smallest absolute Gasteiger partial charge is 0.267 e. The molecule has 4 aromatic rings. The van der Waals surface area contributed by atoms with E-state index in [1.54, 1.807) is 86.5 Å². The molecular weight excluding hydrogens is 1100 g/mol. The minimum atomic E-state index is -0.930. The van der Waals surface area contributed by atoms with Gasteiger partial charge in [0.25, 0.3) is 23.6 Å². The Kier molecular flexibility index (Phi) is 17.8. The number of amides is 7. The first-order chi connectivity index (χ1) is 39.0. The number of nitrogens with zero attached hydrogens (tertiary/aromatic N) is 5. The van der Waals surface area contributed by atoms with Crippen LogP contribution in [0.2, 0.25) is 0 Å². The number of hydrogen-bond donors (Lipinski definition) is 3. The molecule has 21 heteroatoms. The van der Waals surface area contributed by atoms with E-state index in [-0.39, 0.29) is 78.2 Å². The van der Waals surface area contributed by atoms with Crippen LogP contribution < -0.4 is 39.6 Å². The first kappa shape index (κ1) is 57.1. The van der Waals surface area contributed by atoms with Crippen molar-refractivity contribution in [2.45, 2.75) is 89.9 Å². The Balaban J connectivity index is 0.736. The highest BCUT2D eigenvalue weighted by Gasteiger charge is 2.36. The molecule has 0 fully saturated rings. The number of rotatable bonds is 23. The Hall–Kier alpha value is -8.59. The van der Waals surface area contributed by atoms with Gasteiger partial charge >= 0.3 is 0 Å². The van der Waals surface area contributed by atoms with E-state index in [9.17, 15) is 33.6 Å². The Morgan fingerprint density at radius 2 is 1.19 bits per heavy atom. The Morgan fingerprint density at radius 3 is 1.68 bits per heavy atom. The zero-order valence-corrected chi connectivity index (χ0v) is 47.4. The molecule has 3 N–H and O–H groups in total. The summed E-state index contributed by atoms with van der Waals surface area (Å²) in [5.41, 5.74) is 5.93. The topological polar surface area (TPSA) is 236 Å². The zero-order valence-electron chi connectivity index (χ0n) is 45.8. The highest BCUT2D eigenvalue weighted by atomic mass is 79.9. The van der Waals surface area contributed by atoms with E-state index < -0.39 is 23.9 Å². The van der Waals surface area contributed by atoms with Crippen molar-refractivity contribution in [1.29, 1.82) is 0 Å². The van der Waals surface area contributed by atoms with Crippen LogP contribution in [0.3, 0.4) is 0 Å². The van der Waals surface area contributed by atoms with Gasteiger partial charge in [-0.1, -0.05) is 44.5 Å². The number of aliphatic imine (C=N–C) groups is 2. The van der Waals surface area contributed by atoms with Gasteiger partial charge in [0, 0.05) is 81.0 Å². The lowest BCUT2D eigenvalue weighted by Crippen LogP contribution is -2.53. The van der Waals surface area contributed by atoms with Gasteiger partial charge in [-0.2, -0.15) is 0 Å². The van der Waals surface area contributed by atoms with Crippen LogP contribution in [0.25, 0.3) is 11.1 Å². The standard InChI is InChI=1S/C60H63BrN8O12/c1-34(2)55(66-53(70)11-8-7-9-20-67-54(71)27-46(61)60(67)76)57(73)64-35(3)56(72)65-40-16-12-36(13-17-40)38-23-41-30-62-47-28-51(49(78-5)25-44(47)58(74)68(41)32-38)80-21-10-22-81-52-29-48-45(26-50(52)79-6)59(75)69-33-39(24-42(69)31-63-48)37-14-18-43(77-4)19-15-37/h12-19,25-35,41-42,55H,7-11,20-24H2,1-6H3,(H,64,73)(H,65,72)(H,66,70)/t35?,41-,42?,55?/m0/s1. The van der Waals surface area contributed by atoms with Crippen molar-refractivity contribution < 1.29 is 57.2 Å². The van der Waals surface area contributed by atoms with Crippen molar-refractivity contribution in [3.8, 4) is 28.7 Å². The van der Waals surface area contributed by atoms with E-state index in [2.05, 4.69) is 31.9 Å². The summed E-state index contributed by atoms with van der Waals surface area (Å²) in [6.45, 7) is 5.90. The number of anilines is 1. The van der Waals surface area contributed by atoms with E-state index >= 15 is 0 Å². The van der Waals surface area contributed by atoms with Crippen LogP contribution in [-0.2, 0) is 24.0 Å². The largest absolute Gasteiger partial charge is 0.497 e. The van der Waals surface area contributed by atoms with Gasteiger partial charge in [-0.05, 0) is 100 Å². The summed E-state index contributed by atoms with van der Waals surface area (Å²) in [5, 5.41) is 8.34. The van der Waals surface area contributed by atoms with E-state index in [0.717, 1.165) is 32.9 Å². The molecule has 4 aromatic carbocycles. The molecule has 7 amide bonds. The van der Waals surface area contributed by atoms with Crippen molar-refractivity contribution in [3.05, 3.63) is 118 Å². The third kappa shape index (κ3) is 12.9. The normalized spacial score (nSPS) is 17.7. The highest BCUT2D eigenvalue weighted by molar-refractivity contribution is 9.12. The number of fused-ring (bicyclic) bond motifs is 4. The second-order valence-corrected chi connectivity index (χ2v) is 21.2. The van der Waals surface area contributed by atoms with Crippen LogP contribution in [0.4, 0.5) is 17.1 Å². The molecule has 9 rings (SSSR count). The number of carbonyl (C=O) groups is 7. The molecule has 0 spiro atoms. The minimum Gasteiger partial charge on any atom is -0.497 e. The third-order valence-corrected chi connectivity index (χ3v) is 15.1. The molecule has 4 atom stereocenters. The first-order valence-corrected chi connectivity index (χ1v) is 27.6. The molecule has 81 heavy (non-hydrogen) atoms. The van der Waals surface area contributed by atoms with Gasteiger partial charge in [-0.15, -0.1) is 0 Å². The average Bonchev–Trinajstić information content (AvgIpc) is 4.23. The highest BCUT2D eigenvalue weighted by Crippen LogP contribution is 2.42. The number of methoxy groups -OCH3 is 3. The number of nitrogens with one attached hydrogen (secondary N) is 3. The lowest BCUT2D eigenvalue weighted by atomic mass is 10.0. The van der Waals surface area contributed by atoms with Crippen molar-refractivity contribution >= 4 is 97.9 Å². The molecule has 0 saturated carbocycles. The summed E-state index contributed by atoms with van der Waals surface area (Å²) in [6, 6.07) is 19.2. The van der Waals surface area contributed by atoms with Crippen molar-refractivity contribution in [2.75, 3.05) is 46.4 Å². The molecule has 0 aliphatic carbocycles. The second-order valence-electron chi connectivity index (χ2n) is 20.3. The average molecular weight is 1170 g/mol. The lowest BCUT2D eigenvalue weighted by molar-refractivity contribution is -0.137. The molecule has 5 aliphatic rings. The molecule has 0 radical (unpaired) electrons. The number of unbranched alkanes of at least 4 members (excludes halogenated alkanes) is 2. The van der Waals surface area contributed by atoms with Gasteiger partial charge in [0.1, 0.15) is 17.8 Å². The maximum Gasteiger partial charge on any atom is 0.267 e. The summed E-state index contributed by atoms with van der Waals surface area (Å²) in [7, 11) is 4.65. The van der Waals surface area contributed by atoms with Crippen molar-refractivity contribution in [1.82, 2.24) is 25.3 Å². The van der Waals surface area contributed by atoms with E-state index in [4.69, 9.17) is 33.7 Å². The van der Waals surface area contributed by atoms with Gasteiger partial charge in [0.2, 0.25) is 17.7 Å². The second kappa shape index (κ2) is 25.2. The van der Waals surface area contributed by atoms with Crippen molar-refractivity contribution in [3.63, 3.8) is 0 Å². The van der Waals surface area contributed by atoms with Gasteiger partial charge in [-0.25, -0.2) is 0 Å². The van der Waals surface area contributed by atoms with E-state index in [1.807, 2.05) is 48.8 Å². The summed E-state index contributed by atoms with van der Waals surface area (Å²) < 4.78 is 29.2. The molecule has 20 nitrogen and oxygen atoms in total. The number of imide groups is 1. The predicted molar refractivity (Wildman–Crippen MR) is 308 cm³/mol. The molecule has 422 valence electrons. The fourth-order valence-electron chi connectivity index (χ4n) is 9.96. The molecule has 0 aromatic heterocycles. The Labute approximate surface area is 477 Å². The minimum absolute atomic E-state index is 0.152. The summed E-state index contributed by atoms with van der Waals surface area (Å²) >= 11 is 3.08. The third-order valence-electron chi connectivity index (χ3n) is 14.5. The van der Waals surface area contributed by atoms with Gasteiger partial charge in [-0.3, -0.25) is 48.4 Å². The van der Waals surface area contributed by atoms with Crippen molar-refractivity contribution in [2.24, 2.45) is 15.9 Å². The van der Waals surface area contributed by atoms with Crippen LogP contribution in [0.5, 0.6) is 28.7 Å². The van der Waals surface area contributed by atoms with E-state index in [0.29, 0.717) is 89.7 Å². The molecule has 0 saturated heterocycles. The van der Waals surface area contributed by atoms with Crippen LogP contribution in [0, 0.1) is 5.92 Å². The van der Waals surface area contributed by atoms with Crippen LogP contribution in [0.1, 0.15) is 97.6 Å². The number of carbonyl (C=O) groups excluding carboxylic acids is 7. The maximum atomic E-state index is 14.1. The summed E-state index contributed by atoms with van der Waals surface area (Å²) in [6.07, 6.45) is 11.8. The van der Waals surface area contributed by atoms with Crippen LogP contribution in [0.15, 0.2) is 106 Å². The zero-order chi connectivity index (χ0) is 57.5. The number of hydrogen-bond acceptors (Lipinski definition) is 14. The van der Waals surface area contributed by atoms with Crippen LogP contribution >= 0.6 is 15.9 Å². The van der Waals surface area contributed by atoms with Gasteiger partial charge in [0.05, 0.1) is 73.6 Å². The SMILES string of the molecule is COc1ccc(C2=CN3C(=O)c4cc(OC)c(OCCCOc5cc6c(cc5OC)C(=O)N5C=C(c7ccc(NC(=O)C(C)NC(=O)C(NC(=O)CCCCCN8C(=O)C=C(Br)C8=O)C(C)C)cc7)C[C@H]5C=N6)cc4N=CC3C2)cc1. The van der Waals surface area contributed by atoms with Gasteiger partial charge < -0.3 is 49.4 Å². The van der Waals surface area contributed by atoms with E-state index in [1.165, 1.54) is 20.3 Å². The first-order valence-electron chi connectivity index (χ1n) is 26.8. The molecular formula is C60H63BrN8O12. The molecule has 5 heterocycles. The summed E-state index contributed by atoms with van der Waals surface area (Å²) in [5.74, 6) is -0.363. The maximum absolute atomic E-state index is 14.1. The fraction of sp³-hybridized carbons (Fsp3) is 0.350. The Morgan fingerprint density at radius 1 is 0.642 bits per heavy atom. The molecule has 0 bridgehead atoms. The number of ether oxygens (including phenoxy) is 5. The Bertz CT molecular complexity index is 3300. The number of benzene rings is 4. The number of halogens is 1. The van der Waals surface area contributed by atoms with Crippen LogP contribution in [-0.4, -0.2) is 134 Å². The molecule has 5 aliphatic heterocycles. The fourth-order valence-corrected chi connectivity index (χ4v) is 10.4. The predicted octanol–water partition coefficient (Wildman–Crippen LogP) is 8.30. The summed E-state index contributed by atoms with van der Waals surface area (Å²) in [4.78, 5) is 105.